The van der Waals surface area contributed by atoms with Crippen molar-refractivity contribution in [2.75, 3.05) is 0 Å². The minimum absolute atomic E-state index is 0.0213. The van der Waals surface area contributed by atoms with Gasteiger partial charge in [0.15, 0.2) is 0 Å². The molecule has 0 saturated carbocycles. The van der Waals surface area contributed by atoms with Crippen LogP contribution < -0.4 is 0 Å². The van der Waals surface area contributed by atoms with Crippen LogP contribution in [-0.2, 0) is 0 Å². The van der Waals surface area contributed by atoms with Gasteiger partial charge in [-0.2, -0.15) is 0 Å². The Labute approximate surface area is 140 Å². The number of hydrogen-bond donors (Lipinski definition) is 0. The lowest BCUT2D eigenvalue weighted by atomic mass is 9.87. The minimum Gasteiger partial charge on any atom is -0.120 e. The van der Waals surface area contributed by atoms with Crippen molar-refractivity contribution in [2.24, 2.45) is 5.92 Å². The Morgan fingerprint density at radius 3 is 1.38 bits per heavy atom. The van der Waals surface area contributed by atoms with Crippen molar-refractivity contribution in [3.05, 3.63) is 0 Å². The summed E-state index contributed by atoms with van der Waals surface area (Å²) in [6, 6.07) is 0. The van der Waals surface area contributed by atoms with E-state index in [-0.39, 0.29) is 4.87 Å². The molecule has 1 unspecified atom stereocenters. The summed E-state index contributed by atoms with van der Waals surface area (Å²) in [7, 11) is 0. The Morgan fingerprint density at radius 2 is 1.05 bits per heavy atom. The Balaban J connectivity index is 3.26. The van der Waals surface area contributed by atoms with Gasteiger partial charge >= 0.3 is 0 Å². The first-order chi connectivity index (χ1) is 10.0. The Morgan fingerprint density at radius 1 is 0.667 bits per heavy atom. The van der Waals surface area contributed by atoms with E-state index in [0.29, 0.717) is 5.92 Å². The Bertz CT molecular complexity index is 204. The van der Waals surface area contributed by atoms with E-state index in [1.165, 1.54) is 89.9 Å². The van der Waals surface area contributed by atoms with E-state index >= 15 is 0 Å². The molecule has 0 rings (SSSR count). The molecule has 128 valence electrons. The molecule has 21 heavy (non-hydrogen) atoms. The zero-order chi connectivity index (χ0) is 16.0. The molecule has 0 nitrogen and oxygen atoms in total. The van der Waals surface area contributed by atoms with Crippen LogP contribution in [0.3, 0.4) is 0 Å². The summed E-state index contributed by atoms with van der Waals surface area (Å²) in [4.78, 5) is -0.0213. The number of alkyl halides is 1. The molecule has 0 radical (unpaired) electrons. The average Bonchev–Trinajstić information content (AvgIpc) is 2.42. The fraction of sp³-hybridized carbons (Fsp3) is 1.00. The zero-order valence-electron chi connectivity index (χ0n) is 15.4. The molecular weight excluding hydrogens is 276 g/mol. The molecule has 0 fully saturated rings. The summed E-state index contributed by atoms with van der Waals surface area (Å²) in [6.07, 6.45) is 19.7. The van der Waals surface area contributed by atoms with Crippen molar-refractivity contribution in [1.82, 2.24) is 0 Å². The van der Waals surface area contributed by atoms with Crippen molar-refractivity contribution in [3.8, 4) is 0 Å². The highest BCUT2D eigenvalue weighted by Crippen LogP contribution is 2.31. The average molecular weight is 317 g/mol. The summed E-state index contributed by atoms with van der Waals surface area (Å²) < 4.78 is 0. The van der Waals surface area contributed by atoms with Crippen LogP contribution in [0.1, 0.15) is 118 Å². The van der Waals surface area contributed by atoms with Crippen molar-refractivity contribution < 1.29 is 0 Å². The fourth-order valence-corrected chi connectivity index (χ4v) is 3.53. The van der Waals surface area contributed by atoms with Gasteiger partial charge in [0.05, 0.1) is 0 Å². The Hall–Kier alpha value is 0.290. The van der Waals surface area contributed by atoms with Crippen LogP contribution in [0.5, 0.6) is 0 Å². The molecular formula is C20H41Cl. The summed E-state index contributed by atoms with van der Waals surface area (Å²) in [5, 5.41) is 0. The van der Waals surface area contributed by atoms with Crippen molar-refractivity contribution in [2.45, 2.75) is 122 Å². The highest BCUT2D eigenvalue weighted by molar-refractivity contribution is 6.23. The topological polar surface area (TPSA) is 0 Å². The quantitative estimate of drug-likeness (QED) is 0.211. The molecule has 1 heteroatoms. The lowest BCUT2D eigenvalue weighted by Gasteiger charge is -2.27. The normalized spacial score (nSPS) is 13.6. The lowest BCUT2D eigenvalue weighted by Crippen LogP contribution is -2.23. The molecule has 0 bridgehead atoms. The first kappa shape index (κ1) is 21.3. The molecule has 0 saturated heterocycles. The monoisotopic (exact) mass is 316 g/mol. The number of hydrogen-bond acceptors (Lipinski definition) is 0. The summed E-state index contributed by atoms with van der Waals surface area (Å²) in [5.74, 6) is 0.683. The van der Waals surface area contributed by atoms with Crippen LogP contribution >= 0.6 is 11.6 Å². The molecule has 0 N–H and O–H groups in total. The summed E-state index contributed by atoms with van der Waals surface area (Å²) in [5.41, 5.74) is 0. The number of rotatable bonds is 15. The van der Waals surface area contributed by atoms with Gasteiger partial charge in [-0.05, 0) is 26.2 Å². The molecule has 0 amide bonds. The van der Waals surface area contributed by atoms with Crippen molar-refractivity contribution >= 4 is 11.6 Å². The van der Waals surface area contributed by atoms with Gasteiger partial charge in [-0.15, -0.1) is 11.6 Å². The second-order valence-corrected chi connectivity index (χ2v) is 8.32. The second-order valence-electron chi connectivity index (χ2n) is 7.35. The summed E-state index contributed by atoms with van der Waals surface area (Å²) in [6.45, 7) is 8.90. The summed E-state index contributed by atoms with van der Waals surface area (Å²) >= 11 is 6.44. The van der Waals surface area contributed by atoms with Gasteiger partial charge in [0.2, 0.25) is 0 Å². The van der Waals surface area contributed by atoms with E-state index in [2.05, 4.69) is 27.7 Å². The van der Waals surface area contributed by atoms with Gasteiger partial charge < -0.3 is 0 Å². The lowest BCUT2D eigenvalue weighted by molar-refractivity contribution is 0.359. The van der Waals surface area contributed by atoms with Crippen LogP contribution in [0, 0.1) is 5.92 Å². The zero-order valence-corrected chi connectivity index (χ0v) is 16.1. The highest BCUT2D eigenvalue weighted by atomic mass is 35.5. The largest absolute Gasteiger partial charge is 0.120 e. The van der Waals surface area contributed by atoms with Crippen LogP contribution in [0.4, 0.5) is 0 Å². The first-order valence-electron chi connectivity index (χ1n) is 9.71. The van der Waals surface area contributed by atoms with E-state index in [1.54, 1.807) is 0 Å². The third kappa shape index (κ3) is 13.7. The molecule has 0 aromatic heterocycles. The maximum Gasteiger partial charge on any atom is 0.0418 e. The van der Waals surface area contributed by atoms with Crippen molar-refractivity contribution in [3.63, 3.8) is 0 Å². The third-order valence-corrected chi connectivity index (χ3v) is 5.18. The van der Waals surface area contributed by atoms with Crippen LogP contribution in [0.25, 0.3) is 0 Å². The maximum absolute atomic E-state index is 6.44. The first-order valence-corrected chi connectivity index (χ1v) is 10.1. The van der Waals surface area contributed by atoms with E-state index in [0.717, 1.165) is 0 Å². The van der Waals surface area contributed by atoms with E-state index < -0.39 is 0 Å². The second kappa shape index (κ2) is 13.9. The minimum atomic E-state index is -0.0213. The fourth-order valence-electron chi connectivity index (χ4n) is 3.26. The molecule has 0 heterocycles. The predicted molar refractivity (Wildman–Crippen MR) is 99.4 cm³/mol. The van der Waals surface area contributed by atoms with Crippen LogP contribution in [0.15, 0.2) is 0 Å². The SMILES string of the molecule is CCCCCCCCCCCCCCC(CC)C(C)(C)Cl. The van der Waals surface area contributed by atoms with Crippen LogP contribution in [-0.4, -0.2) is 4.87 Å². The molecule has 1 atom stereocenters. The molecule has 0 aliphatic heterocycles. The molecule has 0 aromatic carbocycles. The smallest absolute Gasteiger partial charge is 0.0418 e. The van der Waals surface area contributed by atoms with E-state index in [9.17, 15) is 0 Å². The van der Waals surface area contributed by atoms with Gasteiger partial charge in [0.25, 0.3) is 0 Å². The highest BCUT2D eigenvalue weighted by Gasteiger charge is 2.24. The molecule has 0 aliphatic rings. The van der Waals surface area contributed by atoms with Gasteiger partial charge in [0.1, 0.15) is 0 Å². The standard InChI is InChI=1S/C20H41Cl/c1-5-7-8-9-10-11-12-13-14-15-16-17-18-19(6-2)20(3,4)21/h19H,5-18H2,1-4H3. The number of halogens is 1. The van der Waals surface area contributed by atoms with Crippen molar-refractivity contribution in [1.29, 1.82) is 0 Å². The van der Waals surface area contributed by atoms with E-state index in [4.69, 9.17) is 11.6 Å². The predicted octanol–water partition coefficient (Wildman–Crippen LogP) is 8.12. The third-order valence-electron chi connectivity index (χ3n) is 4.87. The number of unbranched alkanes of at least 4 members (excludes halogenated alkanes) is 11. The van der Waals surface area contributed by atoms with E-state index in [1.807, 2.05) is 0 Å². The Kier molecular flexibility index (Phi) is 14.1. The van der Waals surface area contributed by atoms with Crippen LogP contribution in [0.2, 0.25) is 0 Å². The van der Waals surface area contributed by atoms with Gasteiger partial charge in [0, 0.05) is 4.87 Å². The van der Waals surface area contributed by atoms with Gasteiger partial charge in [-0.3, -0.25) is 0 Å². The molecule has 0 aliphatic carbocycles. The van der Waals surface area contributed by atoms with Gasteiger partial charge in [-0.25, -0.2) is 0 Å². The maximum atomic E-state index is 6.44. The van der Waals surface area contributed by atoms with Gasteiger partial charge in [-0.1, -0.05) is 97.3 Å². The molecule has 0 spiro atoms. The molecule has 0 aromatic rings.